The van der Waals surface area contributed by atoms with Gasteiger partial charge in [-0.1, -0.05) is 11.6 Å². The van der Waals surface area contributed by atoms with Crippen molar-refractivity contribution >= 4 is 23.3 Å². The van der Waals surface area contributed by atoms with Crippen molar-refractivity contribution < 1.29 is 14.3 Å². The smallest absolute Gasteiger partial charge is 0.346 e. The van der Waals surface area contributed by atoms with Gasteiger partial charge in [0, 0.05) is 0 Å². The second-order valence-corrected chi connectivity index (χ2v) is 4.14. The second kappa shape index (κ2) is 4.60. The van der Waals surface area contributed by atoms with Crippen molar-refractivity contribution in [3.05, 3.63) is 28.3 Å². The predicted octanol–water partition coefficient (Wildman–Crippen LogP) is 1.22. The Bertz CT molecular complexity index is 643. The van der Waals surface area contributed by atoms with Crippen LogP contribution in [0.4, 0.5) is 10.5 Å². The normalized spacial score (nSPS) is 12.5. The summed E-state index contributed by atoms with van der Waals surface area (Å²) >= 11 is 0. The van der Waals surface area contributed by atoms with E-state index in [0.29, 0.717) is 16.6 Å². The van der Waals surface area contributed by atoms with E-state index >= 15 is 0 Å². The van der Waals surface area contributed by atoms with Crippen LogP contribution in [0.3, 0.4) is 0 Å². The molecular formula is C13H14N2O3. The van der Waals surface area contributed by atoms with Crippen LogP contribution >= 0.6 is 0 Å². The van der Waals surface area contributed by atoms with E-state index in [2.05, 4.69) is 10.3 Å². The second-order valence-electron chi connectivity index (χ2n) is 4.14. The Kier molecular flexibility index (Phi) is 3.14. The number of carbonyl (C=O) groups excluding carboxylic acids is 2. The molecule has 18 heavy (non-hydrogen) atoms. The van der Waals surface area contributed by atoms with Crippen molar-refractivity contribution in [1.29, 1.82) is 0 Å². The van der Waals surface area contributed by atoms with E-state index in [9.17, 15) is 9.59 Å². The van der Waals surface area contributed by atoms with Gasteiger partial charge in [0.2, 0.25) is 0 Å². The molecule has 5 heteroatoms. The van der Waals surface area contributed by atoms with Gasteiger partial charge in [-0.05, 0) is 32.1 Å². The summed E-state index contributed by atoms with van der Waals surface area (Å²) in [6, 6.07) is 3.05. The average molecular weight is 246 g/mol. The zero-order valence-electron chi connectivity index (χ0n) is 10.5. The average Bonchev–Trinajstić information content (AvgIpc) is 2.67. The van der Waals surface area contributed by atoms with Crippen LogP contribution in [0.15, 0.2) is 17.1 Å². The van der Waals surface area contributed by atoms with Crippen LogP contribution in [0.5, 0.6) is 0 Å². The number of urea groups is 1. The highest BCUT2D eigenvalue weighted by Crippen LogP contribution is 2.12. The van der Waals surface area contributed by atoms with E-state index in [1.807, 2.05) is 13.8 Å². The van der Waals surface area contributed by atoms with Gasteiger partial charge in [0.15, 0.2) is 0 Å². The molecule has 1 aliphatic heterocycles. The highest BCUT2D eigenvalue weighted by Gasteiger charge is 2.22. The Balaban J connectivity index is 2.74. The quantitative estimate of drug-likeness (QED) is 0.798. The van der Waals surface area contributed by atoms with Gasteiger partial charge in [-0.2, -0.15) is 4.99 Å². The third-order valence-electron chi connectivity index (χ3n) is 2.66. The molecule has 0 aromatic heterocycles. The minimum Gasteiger partial charge on any atom is -0.462 e. The summed E-state index contributed by atoms with van der Waals surface area (Å²) in [4.78, 5) is 27.1. The van der Waals surface area contributed by atoms with E-state index < -0.39 is 12.0 Å². The molecule has 1 aromatic carbocycles. The summed E-state index contributed by atoms with van der Waals surface area (Å²) in [6.45, 7) is 5.83. The molecule has 2 rings (SSSR count). The summed E-state index contributed by atoms with van der Waals surface area (Å²) in [5.41, 5.74) is 1.79. The van der Waals surface area contributed by atoms with Crippen molar-refractivity contribution in [3.8, 4) is 0 Å². The molecule has 0 saturated carbocycles. The molecule has 0 spiro atoms. The molecular weight excluding hydrogens is 232 g/mol. The summed E-state index contributed by atoms with van der Waals surface area (Å²) in [5.74, 6) is -0.442. The first-order valence-electron chi connectivity index (χ1n) is 5.72. The third-order valence-corrected chi connectivity index (χ3v) is 2.66. The summed E-state index contributed by atoms with van der Waals surface area (Å²) in [6.07, 6.45) is 0. The van der Waals surface area contributed by atoms with Crippen LogP contribution in [0.25, 0.3) is 5.57 Å². The highest BCUT2D eigenvalue weighted by atomic mass is 16.5. The Hall–Kier alpha value is -2.17. The molecule has 5 nitrogen and oxygen atoms in total. The van der Waals surface area contributed by atoms with E-state index in [-0.39, 0.29) is 6.61 Å². The lowest BCUT2D eigenvalue weighted by Crippen LogP contribution is -2.24. The van der Waals surface area contributed by atoms with E-state index in [1.165, 1.54) is 0 Å². The summed E-state index contributed by atoms with van der Waals surface area (Å²) < 4.78 is 5.03. The molecule has 2 amide bonds. The van der Waals surface area contributed by atoms with Crippen LogP contribution in [-0.4, -0.2) is 18.6 Å². The first-order valence-corrected chi connectivity index (χ1v) is 5.72. The lowest BCUT2D eigenvalue weighted by atomic mass is 10.1. The van der Waals surface area contributed by atoms with E-state index in [0.717, 1.165) is 10.8 Å². The van der Waals surface area contributed by atoms with Crippen molar-refractivity contribution in [2.75, 3.05) is 11.9 Å². The minimum atomic E-state index is -0.457. The van der Waals surface area contributed by atoms with Crippen molar-refractivity contribution in [2.45, 2.75) is 20.8 Å². The number of ether oxygens (including phenoxy) is 1. The molecule has 0 saturated heterocycles. The standard InChI is InChI=1S/C13H14N2O3/c1-4-18-12(16)10-8(7(2)3)5-6-9-11(10)15-13(17)14-9/h5-6H,4H2,1-3H3,(H,15,17). The van der Waals surface area contributed by atoms with Crippen molar-refractivity contribution in [2.24, 2.45) is 4.99 Å². The maximum atomic E-state index is 12.0. The molecule has 1 heterocycles. The monoisotopic (exact) mass is 246 g/mol. The number of amides is 2. The molecule has 94 valence electrons. The minimum absolute atomic E-state index is 0.287. The van der Waals surface area contributed by atoms with Crippen LogP contribution in [0, 0.1) is 0 Å². The van der Waals surface area contributed by atoms with Gasteiger partial charge in [0.05, 0.1) is 23.2 Å². The topological polar surface area (TPSA) is 67.8 Å². The molecule has 1 aromatic rings. The fourth-order valence-corrected chi connectivity index (χ4v) is 1.89. The maximum absolute atomic E-state index is 12.0. The number of nitrogens with one attached hydrogen (secondary N) is 1. The van der Waals surface area contributed by atoms with Crippen LogP contribution in [0.1, 0.15) is 31.1 Å². The predicted molar refractivity (Wildman–Crippen MR) is 67.0 cm³/mol. The number of rotatable bonds is 2. The number of carbonyl (C=O) groups is 2. The van der Waals surface area contributed by atoms with Gasteiger partial charge in [0.1, 0.15) is 0 Å². The zero-order chi connectivity index (χ0) is 13.3. The number of nitrogens with zero attached hydrogens (tertiary/aromatic N) is 1. The van der Waals surface area contributed by atoms with Crippen LogP contribution in [0.2, 0.25) is 0 Å². The Labute approximate surface area is 104 Å². The molecule has 0 bridgehead atoms. The van der Waals surface area contributed by atoms with Gasteiger partial charge in [-0.15, -0.1) is 0 Å². The Morgan fingerprint density at radius 2 is 2.11 bits per heavy atom. The number of benzene rings is 1. The third kappa shape index (κ3) is 1.99. The van der Waals surface area contributed by atoms with Gasteiger partial charge in [0.25, 0.3) is 0 Å². The zero-order valence-corrected chi connectivity index (χ0v) is 10.5. The molecule has 1 aliphatic rings. The summed E-state index contributed by atoms with van der Waals surface area (Å²) in [5, 5.41) is 3.83. The number of hydrogen-bond acceptors (Lipinski definition) is 3. The summed E-state index contributed by atoms with van der Waals surface area (Å²) in [7, 11) is 0. The maximum Gasteiger partial charge on any atom is 0.346 e. The SMILES string of the molecule is CCOC(=O)c1c2c(ccc1=C(C)C)=NC(=O)N2. The lowest BCUT2D eigenvalue weighted by molar-refractivity contribution is 0.0526. The molecule has 0 atom stereocenters. The molecule has 0 radical (unpaired) electrons. The fraction of sp³-hybridized carbons (Fsp3) is 0.308. The van der Waals surface area contributed by atoms with Gasteiger partial charge < -0.3 is 10.1 Å². The van der Waals surface area contributed by atoms with Crippen molar-refractivity contribution in [1.82, 2.24) is 0 Å². The first-order chi connectivity index (χ1) is 8.54. The Morgan fingerprint density at radius 1 is 1.39 bits per heavy atom. The number of fused-ring (bicyclic) bond motifs is 1. The largest absolute Gasteiger partial charge is 0.462 e. The van der Waals surface area contributed by atoms with Gasteiger partial charge in [-0.3, -0.25) is 0 Å². The number of anilines is 1. The first kappa shape index (κ1) is 12.3. The van der Waals surface area contributed by atoms with Crippen LogP contribution in [-0.2, 0) is 4.74 Å². The van der Waals surface area contributed by atoms with Gasteiger partial charge >= 0.3 is 12.0 Å². The number of hydrogen-bond donors (Lipinski definition) is 1. The van der Waals surface area contributed by atoms with Gasteiger partial charge in [-0.25, -0.2) is 9.59 Å². The van der Waals surface area contributed by atoms with E-state index in [1.54, 1.807) is 19.1 Å². The number of esters is 1. The highest BCUT2D eigenvalue weighted by molar-refractivity contribution is 6.03. The van der Waals surface area contributed by atoms with Crippen molar-refractivity contribution in [3.63, 3.8) is 0 Å². The molecule has 1 N–H and O–H groups in total. The van der Waals surface area contributed by atoms with Crippen LogP contribution < -0.4 is 15.9 Å². The fourth-order valence-electron chi connectivity index (χ4n) is 1.89. The molecule has 0 unspecified atom stereocenters. The molecule has 0 fully saturated rings. The molecule has 0 aliphatic carbocycles. The Morgan fingerprint density at radius 3 is 2.72 bits per heavy atom. The lowest BCUT2D eigenvalue weighted by Gasteiger charge is -2.08. The van der Waals surface area contributed by atoms with E-state index in [4.69, 9.17) is 4.74 Å².